The smallest absolute Gasteiger partial charge is 0.221 e. The first-order valence-corrected chi connectivity index (χ1v) is 7.92. The number of methoxy groups -OCH3 is 1. The third kappa shape index (κ3) is 6.71. The van der Waals surface area contributed by atoms with E-state index in [1.807, 2.05) is 0 Å². The van der Waals surface area contributed by atoms with Crippen LogP contribution < -0.4 is 10.6 Å². The third-order valence-corrected chi connectivity index (χ3v) is 4.37. The van der Waals surface area contributed by atoms with Crippen LogP contribution >= 0.6 is 0 Å². The Labute approximate surface area is 124 Å². The Morgan fingerprint density at radius 1 is 1.15 bits per heavy atom. The second kappa shape index (κ2) is 8.63. The highest BCUT2D eigenvalue weighted by molar-refractivity contribution is 5.76. The Bertz CT molecular complexity index is 279. The molecule has 0 unspecified atom stereocenters. The molecule has 1 fully saturated rings. The first kappa shape index (κ1) is 17.4. The van der Waals surface area contributed by atoms with E-state index in [4.69, 9.17) is 4.74 Å². The van der Waals surface area contributed by atoms with Crippen molar-refractivity contribution in [2.45, 2.75) is 58.9 Å². The zero-order valence-corrected chi connectivity index (χ0v) is 13.6. The van der Waals surface area contributed by atoms with Gasteiger partial charge in [-0.2, -0.15) is 0 Å². The number of carbonyl (C=O) groups is 1. The summed E-state index contributed by atoms with van der Waals surface area (Å²) in [5, 5.41) is 6.37. The summed E-state index contributed by atoms with van der Waals surface area (Å²) in [6.07, 6.45) is 5.66. The normalized spacial score (nSPS) is 23.6. The lowest BCUT2D eigenvalue weighted by Crippen LogP contribution is -2.38. The van der Waals surface area contributed by atoms with Gasteiger partial charge in [0.2, 0.25) is 5.91 Å². The molecule has 0 bridgehead atoms. The van der Waals surface area contributed by atoms with Crippen LogP contribution in [0.3, 0.4) is 0 Å². The van der Waals surface area contributed by atoms with Gasteiger partial charge in [-0.1, -0.05) is 20.8 Å². The Morgan fingerprint density at radius 2 is 1.80 bits per heavy atom. The lowest BCUT2D eigenvalue weighted by Gasteiger charge is -2.37. The predicted molar refractivity (Wildman–Crippen MR) is 82.7 cm³/mol. The molecule has 1 amide bonds. The van der Waals surface area contributed by atoms with Gasteiger partial charge in [0, 0.05) is 32.7 Å². The highest BCUT2D eigenvalue weighted by atomic mass is 16.5. The van der Waals surface area contributed by atoms with Crippen LogP contribution in [-0.4, -0.2) is 38.8 Å². The summed E-state index contributed by atoms with van der Waals surface area (Å²) in [6.45, 7) is 8.99. The maximum absolute atomic E-state index is 11.5. The van der Waals surface area contributed by atoms with Gasteiger partial charge in [0.25, 0.3) is 0 Å². The molecule has 118 valence electrons. The molecule has 0 aromatic carbocycles. The number of ether oxygens (including phenoxy) is 1. The molecule has 2 N–H and O–H groups in total. The van der Waals surface area contributed by atoms with Crippen LogP contribution in [0.4, 0.5) is 0 Å². The fourth-order valence-electron chi connectivity index (χ4n) is 2.93. The molecule has 20 heavy (non-hydrogen) atoms. The quantitative estimate of drug-likeness (QED) is 0.706. The van der Waals surface area contributed by atoms with Gasteiger partial charge in [0.05, 0.1) is 6.61 Å². The number of hydrogen-bond donors (Lipinski definition) is 2. The minimum absolute atomic E-state index is 0.109. The SMILES string of the molecule is COCCNC(=O)CCNC1CCC(C(C)(C)C)CC1. The maximum atomic E-state index is 11.5. The van der Waals surface area contributed by atoms with Crippen LogP contribution in [0.5, 0.6) is 0 Å². The minimum Gasteiger partial charge on any atom is -0.383 e. The molecule has 1 aliphatic rings. The minimum atomic E-state index is 0.109. The van der Waals surface area contributed by atoms with Gasteiger partial charge >= 0.3 is 0 Å². The van der Waals surface area contributed by atoms with Crippen LogP contribution in [0.1, 0.15) is 52.9 Å². The van der Waals surface area contributed by atoms with Crippen molar-refractivity contribution in [1.82, 2.24) is 10.6 Å². The molecule has 0 aromatic heterocycles. The van der Waals surface area contributed by atoms with E-state index in [0.29, 0.717) is 31.0 Å². The fraction of sp³-hybridized carbons (Fsp3) is 0.938. The van der Waals surface area contributed by atoms with Gasteiger partial charge < -0.3 is 15.4 Å². The van der Waals surface area contributed by atoms with E-state index in [1.165, 1.54) is 25.7 Å². The second-order valence-corrected chi connectivity index (χ2v) is 6.96. The van der Waals surface area contributed by atoms with Crippen molar-refractivity contribution in [3.63, 3.8) is 0 Å². The van der Waals surface area contributed by atoms with E-state index in [0.717, 1.165) is 12.5 Å². The van der Waals surface area contributed by atoms with Crippen LogP contribution in [0.2, 0.25) is 0 Å². The van der Waals surface area contributed by atoms with Gasteiger partial charge in [0.1, 0.15) is 0 Å². The highest BCUT2D eigenvalue weighted by Crippen LogP contribution is 2.37. The van der Waals surface area contributed by atoms with Gasteiger partial charge in [-0.3, -0.25) is 4.79 Å². The summed E-state index contributed by atoms with van der Waals surface area (Å²) in [4.78, 5) is 11.5. The van der Waals surface area contributed by atoms with E-state index < -0.39 is 0 Å². The zero-order chi connectivity index (χ0) is 15.0. The Kier molecular flexibility index (Phi) is 7.52. The first-order chi connectivity index (χ1) is 9.43. The Hall–Kier alpha value is -0.610. The van der Waals surface area contributed by atoms with Crippen molar-refractivity contribution in [2.24, 2.45) is 11.3 Å². The number of rotatable bonds is 7. The Balaban J connectivity index is 2.08. The summed E-state index contributed by atoms with van der Waals surface area (Å²) in [5.41, 5.74) is 0.437. The largest absolute Gasteiger partial charge is 0.383 e. The summed E-state index contributed by atoms with van der Waals surface area (Å²) in [5.74, 6) is 0.954. The lowest BCUT2D eigenvalue weighted by atomic mass is 9.71. The highest BCUT2D eigenvalue weighted by Gasteiger charge is 2.29. The lowest BCUT2D eigenvalue weighted by molar-refractivity contribution is -0.121. The standard InChI is InChI=1S/C16H32N2O2/c1-16(2,3)13-5-7-14(8-6-13)17-10-9-15(19)18-11-12-20-4/h13-14,17H,5-12H2,1-4H3,(H,18,19). The summed E-state index contributed by atoms with van der Waals surface area (Å²) in [7, 11) is 1.64. The van der Waals surface area contributed by atoms with Gasteiger partial charge in [-0.05, 0) is 37.0 Å². The van der Waals surface area contributed by atoms with Crippen molar-refractivity contribution in [3.05, 3.63) is 0 Å². The van der Waals surface area contributed by atoms with Gasteiger partial charge in [-0.25, -0.2) is 0 Å². The molecule has 0 radical (unpaired) electrons. The van der Waals surface area contributed by atoms with Gasteiger partial charge in [0.15, 0.2) is 0 Å². The van der Waals surface area contributed by atoms with E-state index in [2.05, 4.69) is 31.4 Å². The van der Waals surface area contributed by atoms with Crippen LogP contribution in [0, 0.1) is 11.3 Å². The average molecular weight is 284 g/mol. The van der Waals surface area contributed by atoms with Crippen molar-refractivity contribution in [2.75, 3.05) is 26.8 Å². The van der Waals surface area contributed by atoms with Gasteiger partial charge in [-0.15, -0.1) is 0 Å². The third-order valence-electron chi connectivity index (χ3n) is 4.37. The first-order valence-electron chi connectivity index (χ1n) is 7.92. The molecule has 0 saturated heterocycles. The molecular formula is C16H32N2O2. The van der Waals surface area contributed by atoms with Crippen LogP contribution in [-0.2, 0) is 9.53 Å². The molecule has 0 heterocycles. The topological polar surface area (TPSA) is 50.4 Å². The molecule has 4 nitrogen and oxygen atoms in total. The van der Waals surface area contributed by atoms with Crippen molar-refractivity contribution in [1.29, 1.82) is 0 Å². The molecular weight excluding hydrogens is 252 g/mol. The van der Waals surface area contributed by atoms with Crippen molar-refractivity contribution in [3.8, 4) is 0 Å². The number of hydrogen-bond acceptors (Lipinski definition) is 3. The summed E-state index contributed by atoms with van der Waals surface area (Å²) in [6, 6.07) is 0.598. The van der Waals surface area contributed by atoms with Crippen LogP contribution in [0.25, 0.3) is 0 Å². The van der Waals surface area contributed by atoms with Crippen LogP contribution in [0.15, 0.2) is 0 Å². The second-order valence-electron chi connectivity index (χ2n) is 6.96. The molecule has 0 atom stereocenters. The number of nitrogens with one attached hydrogen (secondary N) is 2. The molecule has 0 aromatic rings. The number of carbonyl (C=O) groups excluding carboxylic acids is 1. The Morgan fingerprint density at radius 3 is 2.35 bits per heavy atom. The molecule has 1 saturated carbocycles. The average Bonchev–Trinajstić information content (AvgIpc) is 2.38. The molecule has 0 aliphatic heterocycles. The zero-order valence-electron chi connectivity index (χ0n) is 13.6. The molecule has 4 heteroatoms. The molecule has 1 rings (SSSR count). The van der Waals surface area contributed by atoms with Crippen molar-refractivity contribution < 1.29 is 9.53 Å². The fourth-order valence-corrected chi connectivity index (χ4v) is 2.93. The van der Waals surface area contributed by atoms with E-state index >= 15 is 0 Å². The maximum Gasteiger partial charge on any atom is 0.221 e. The van der Waals surface area contributed by atoms with E-state index in [-0.39, 0.29) is 5.91 Å². The number of amides is 1. The van der Waals surface area contributed by atoms with E-state index in [1.54, 1.807) is 7.11 Å². The summed E-state index contributed by atoms with van der Waals surface area (Å²) >= 11 is 0. The molecule has 1 aliphatic carbocycles. The molecule has 0 spiro atoms. The summed E-state index contributed by atoms with van der Waals surface area (Å²) < 4.78 is 4.90. The van der Waals surface area contributed by atoms with Crippen molar-refractivity contribution >= 4 is 5.91 Å². The van der Waals surface area contributed by atoms with E-state index in [9.17, 15) is 4.79 Å². The predicted octanol–water partition coefficient (Wildman–Crippen LogP) is 2.33. The monoisotopic (exact) mass is 284 g/mol.